The molecule has 0 bridgehead atoms. The monoisotopic (exact) mass is 496 g/mol. The third-order valence-electron chi connectivity index (χ3n) is 6.01. The van der Waals surface area contributed by atoms with Crippen LogP contribution in [-0.4, -0.2) is 16.8 Å². The highest BCUT2D eigenvalue weighted by molar-refractivity contribution is 7.93. The fourth-order valence-electron chi connectivity index (χ4n) is 4.30. The molecular formula is C26H28N2O4S2. The lowest BCUT2D eigenvalue weighted by Crippen LogP contribution is -2.32. The van der Waals surface area contributed by atoms with Crippen molar-refractivity contribution in [1.29, 1.82) is 0 Å². The summed E-state index contributed by atoms with van der Waals surface area (Å²) in [4.78, 5) is 0.307. The highest BCUT2D eigenvalue weighted by Gasteiger charge is 2.38. The lowest BCUT2D eigenvalue weighted by molar-refractivity contribution is 0.565. The van der Waals surface area contributed by atoms with Crippen molar-refractivity contribution < 1.29 is 16.8 Å². The van der Waals surface area contributed by atoms with Crippen LogP contribution < -0.4 is 9.44 Å². The Labute approximate surface area is 201 Å². The lowest BCUT2D eigenvalue weighted by Gasteiger charge is -2.39. The van der Waals surface area contributed by atoms with Crippen molar-refractivity contribution in [2.45, 2.75) is 48.3 Å². The minimum Gasteiger partial charge on any atom is -0.279 e. The van der Waals surface area contributed by atoms with E-state index in [2.05, 4.69) is 9.44 Å². The maximum absolute atomic E-state index is 13.1. The van der Waals surface area contributed by atoms with E-state index in [0.717, 1.165) is 11.1 Å². The number of nitrogens with one attached hydrogen (secondary N) is 2. The van der Waals surface area contributed by atoms with Gasteiger partial charge in [-0.1, -0.05) is 76.2 Å². The number of sulfonamides is 2. The molecule has 0 saturated heterocycles. The first kappa shape index (κ1) is 24.0. The molecule has 8 heteroatoms. The Morgan fingerprint density at radius 1 is 0.529 bits per heavy atom. The number of hydrogen-bond donors (Lipinski definition) is 2. The smallest absolute Gasteiger partial charge is 0.261 e. The van der Waals surface area contributed by atoms with Crippen molar-refractivity contribution in [2.24, 2.45) is 0 Å². The van der Waals surface area contributed by atoms with Crippen LogP contribution in [0.25, 0.3) is 0 Å². The summed E-state index contributed by atoms with van der Waals surface area (Å²) in [5, 5.41) is 0. The first-order valence-electron chi connectivity index (χ1n) is 10.9. The Kier molecular flexibility index (Phi) is 5.86. The van der Waals surface area contributed by atoms with Gasteiger partial charge in [-0.15, -0.1) is 0 Å². The molecular weight excluding hydrogens is 468 g/mol. The second kappa shape index (κ2) is 8.29. The molecule has 0 amide bonds. The standard InChI is InChI=1S/C26H28N2O4S2/c1-25(2)17-18-26(3,4)24-22(28-34(31,32)20-13-9-6-10-14-20)16-15-21(23(24)25)27-33(29,30)19-11-7-5-8-12-19/h5-18,27-28H,1-4H3. The van der Waals surface area contributed by atoms with Gasteiger partial charge in [0.25, 0.3) is 20.0 Å². The molecule has 0 saturated carbocycles. The fourth-order valence-corrected chi connectivity index (χ4v) is 6.49. The van der Waals surface area contributed by atoms with Gasteiger partial charge in [-0.2, -0.15) is 0 Å². The van der Waals surface area contributed by atoms with Gasteiger partial charge >= 0.3 is 0 Å². The second-order valence-electron chi connectivity index (χ2n) is 9.52. The van der Waals surface area contributed by atoms with Crippen LogP contribution in [0.5, 0.6) is 0 Å². The molecule has 2 N–H and O–H groups in total. The summed E-state index contributed by atoms with van der Waals surface area (Å²) in [6, 6.07) is 19.6. The molecule has 3 aromatic carbocycles. The number of fused-ring (bicyclic) bond motifs is 1. The number of benzene rings is 3. The van der Waals surface area contributed by atoms with Crippen molar-refractivity contribution in [3.05, 3.63) is 96.1 Å². The van der Waals surface area contributed by atoms with E-state index < -0.39 is 30.9 Å². The maximum atomic E-state index is 13.1. The molecule has 0 fully saturated rings. The highest BCUT2D eigenvalue weighted by atomic mass is 32.2. The molecule has 178 valence electrons. The molecule has 0 atom stereocenters. The number of rotatable bonds is 6. The van der Waals surface area contributed by atoms with Gasteiger partial charge < -0.3 is 0 Å². The lowest BCUT2D eigenvalue weighted by atomic mass is 9.67. The summed E-state index contributed by atoms with van der Waals surface area (Å²) in [5.74, 6) is 0. The van der Waals surface area contributed by atoms with Gasteiger partial charge in [0.1, 0.15) is 0 Å². The third kappa shape index (κ3) is 4.48. The highest BCUT2D eigenvalue weighted by Crippen LogP contribution is 2.48. The fraction of sp³-hybridized carbons (Fsp3) is 0.231. The van der Waals surface area contributed by atoms with Crippen LogP contribution in [0.1, 0.15) is 38.8 Å². The molecule has 0 radical (unpaired) electrons. The largest absolute Gasteiger partial charge is 0.279 e. The van der Waals surface area contributed by atoms with Crippen molar-refractivity contribution in [3.63, 3.8) is 0 Å². The Bertz CT molecular complexity index is 1350. The Morgan fingerprint density at radius 2 is 0.853 bits per heavy atom. The van der Waals surface area contributed by atoms with Crippen LogP contribution in [-0.2, 0) is 30.9 Å². The minimum absolute atomic E-state index is 0.154. The van der Waals surface area contributed by atoms with Crippen molar-refractivity contribution >= 4 is 31.4 Å². The van der Waals surface area contributed by atoms with Gasteiger partial charge in [0.15, 0.2) is 0 Å². The molecule has 6 nitrogen and oxygen atoms in total. The molecule has 1 aliphatic rings. The topological polar surface area (TPSA) is 92.3 Å². The molecule has 4 rings (SSSR count). The third-order valence-corrected chi connectivity index (χ3v) is 8.77. The Hall–Kier alpha value is -3.10. The van der Waals surface area contributed by atoms with Gasteiger partial charge in [0, 0.05) is 10.8 Å². The van der Waals surface area contributed by atoms with Crippen LogP contribution in [0.15, 0.2) is 94.7 Å². The van der Waals surface area contributed by atoms with E-state index >= 15 is 0 Å². The first-order valence-corrected chi connectivity index (χ1v) is 13.8. The van der Waals surface area contributed by atoms with Gasteiger partial charge in [0.2, 0.25) is 0 Å². The number of anilines is 2. The van der Waals surface area contributed by atoms with Crippen molar-refractivity contribution in [3.8, 4) is 0 Å². The summed E-state index contributed by atoms with van der Waals surface area (Å²) in [5.41, 5.74) is 1.20. The van der Waals surface area contributed by atoms with E-state index in [0.29, 0.717) is 11.4 Å². The molecule has 0 aliphatic heterocycles. The Balaban J connectivity index is 1.88. The zero-order valence-corrected chi connectivity index (χ0v) is 21.2. The predicted molar refractivity (Wildman–Crippen MR) is 136 cm³/mol. The summed E-state index contributed by atoms with van der Waals surface area (Å²) < 4.78 is 57.9. The van der Waals surface area contributed by atoms with Crippen LogP contribution in [0.3, 0.4) is 0 Å². The number of hydrogen-bond acceptors (Lipinski definition) is 4. The van der Waals surface area contributed by atoms with Gasteiger partial charge in [-0.05, 0) is 47.5 Å². The summed E-state index contributed by atoms with van der Waals surface area (Å²) >= 11 is 0. The molecule has 0 unspecified atom stereocenters. The van der Waals surface area contributed by atoms with Crippen molar-refractivity contribution in [2.75, 3.05) is 9.44 Å². The van der Waals surface area contributed by atoms with E-state index in [1.807, 2.05) is 39.8 Å². The zero-order valence-electron chi connectivity index (χ0n) is 19.5. The van der Waals surface area contributed by atoms with E-state index in [1.165, 1.54) is 24.3 Å². The maximum Gasteiger partial charge on any atom is 0.261 e. The molecule has 1 aliphatic carbocycles. The van der Waals surface area contributed by atoms with Crippen LogP contribution in [0.2, 0.25) is 0 Å². The molecule has 0 aromatic heterocycles. The van der Waals surface area contributed by atoms with Crippen molar-refractivity contribution in [1.82, 2.24) is 0 Å². The van der Waals surface area contributed by atoms with Crippen LogP contribution in [0, 0.1) is 0 Å². The van der Waals surface area contributed by atoms with Gasteiger partial charge in [-0.3, -0.25) is 9.44 Å². The summed E-state index contributed by atoms with van der Waals surface area (Å²) in [6.07, 6.45) is 4.07. The Morgan fingerprint density at radius 3 is 1.18 bits per heavy atom. The van der Waals surface area contributed by atoms with Gasteiger partial charge in [-0.25, -0.2) is 16.8 Å². The molecule has 3 aromatic rings. The molecule has 0 spiro atoms. The van der Waals surface area contributed by atoms with E-state index in [1.54, 1.807) is 48.5 Å². The average Bonchev–Trinajstić information content (AvgIpc) is 2.78. The zero-order chi connectivity index (χ0) is 24.8. The van der Waals surface area contributed by atoms with Crippen LogP contribution in [0.4, 0.5) is 11.4 Å². The second-order valence-corrected chi connectivity index (χ2v) is 12.9. The average molecular weight is 497 g/mol. The summed E-state index contributed by atoms with van der Waals surface area (Å²) in [7, 11) is -7.68. The van der Waals surface area contributed by atoms with E-state index in [9.17, 15) is 16.8 Å². The van der Waals surface area contributed by atoms with Gasteiger partial charge in [0.05, 0.1) is 21.2 Å². The quantitative estimate of drug-likeness (QED) is 0.446. The normalized spacial score (nSPS) is 16.5. The SMILES string of the molecule is CC1(C)C=CC(C)(C)c2c(NS(=O)(=O)c3ccccc3)ccc(NS(=O)(=O)c3ccccc3)c21. The van der Waals surface area contributed by atoms with E-state index in [4.69, 9.17) is 0 Å². The molecule has 0 heterocycles. The first-order chi connectivity index (χ1) is 15.8. The van der Waals surface area contributed by atoms with E-state index in [-0.39, 0.29) is 9.79 Å². The van der Waals surface area contributed by atoms with Crippen LogP contribution >= 0.6 is 0 Å². The molecule has 34 heavy (non-hydrogen) atoms. The summed E-state index contributed by atoms with van der Waals surface area (Å²) in [6.45, 7) is 7.92. The predicted octanol–water partition coefficient (Wildman–Crippen LogP) is 5.41. The minimum atomic E-state index is -3.84. The number of allylic oxidation sites excluding steroid dienone is 2.